The molecular formula is C26H20N6O4S. The van der Waals surface area contributed by atoms with Crippen LogP contribution in [-0.4, -0.2) is 42.4 Å². The number of benzene rings is 3. The standard InChI is InChI=1S/C26H20N6O4S/c33-24(34)12-17-6-9-20(10-7-17)28-26-29-25(35)23(37-26)13-19-8-11-21(32-16-27-30-31-32)14-22(19)36-15-18-4-2-1-3-5-18/h1-11,13-14,16H,12,15H2,(H,33,34)(H,28,29,35). The van der Waals surface area contributed by atoms with Gasteiger partial charge in [0.15, 0.2) is 5.17 Å². The summed E-state index contributed by atoms with van der Waals surface area (Å²) in [6.45, 7) is 0.347. The van der Waals surface area contributed by atoms with Crippen LogP contribution >= 0.6 is 11.8 Å². The molecule has 1 fully saturated rings. The van der Waals surface area contributed by atoms with E-state index in [4.69, 9.17) is 9.84 Å². The first-order valence-electron chi connectivity index (χ1n) is 11.2. The molecule has 4 aromatic rings. The number of thioether (sulfide) groups is 1. The molecule has 1 aliphatic heterocycles. The van der Waals surface area contributed by atoms with E-state index in [1.54, 1.807) is 30.3 Å². The molecule has 1 aromatic heterocycles. The fourth-order valence-corrected chi connectivity index (χ4v) is 4.36. The van der Waals surface area contributed by atoms with Gasteiger partial charge in [-0.3, -0.25) is 9.59 Å². The fourth-order valence-electron chi connectivity index (χ4n) is 3.53. The maximum Gasteiger partial charge on any atom is 0.307 e. The lowest BCUT2D eigenvalue weighted by Crippen LogP contribution is -2.19. The minimum atomic E-state index is -0.898. The molecule has 0 radical (unpaired) electrons. The lowest BCUT2D eigenvalue weighted by molar-refractivity contribution is -0.136. The monoisotopic (exact) mass is 512 g/mol. The molecule has 2 heterocycles. The molecular weight excluding hydrogens is 492 g/mol. The number of hydrogen-bond acceptors (Lipinski definition) is 8. The number of hydrogen-bond donors (Lipinski definition) is 2. The van der Waals surface area contributed by atoms with Gasteiger partial charge in [-0.25, -0.2) is 9.67 Å². The van der Waals surface area contributed by atoms with Crippen LogP contribution in [0.1, 0.15) is 16.7 Å². The Morgan fingerprint density at radius 2 is 1.89 bits per heavy atom. The zero-order valence-corrected chi connectivity index (χ0v) is 20.1. The van der Waals surface area contributed by atoms with Gasteiger partial charge >= 0.3 is 5.97 Å². The van der Waals surface area contributed by atoms with E-state index >= 15 is 0 Å². The highest BCUT2D eigenvalue weighted by Gasteiger charge is 2.24. The number of carbonyl (C=O) groups excluding carboxylic acids is 1. The molecule has 3 aromatic carbocycles. The number of carboxylic acid groups (broad SMARTS) is 1. The largest absolute Gasteiger partial charge is 0.488 e. The third kappa shape index (κ3) is 6.08. The van der Waals surface area contributed by atoms with Gasteiger partial charge in [0.1, 0.15) is 18.7 Å². The van der Waals surface area contributed by atoms with Crippen LogP contribution in [-0.2, 0) is 22.6 Å². The topological polar surface area (TPSA) is 132 Å². The van der Waals surface area contributed by atoms with E-state index in [0.717, 1.165) is 5.56 Å². The smallest absolute Gasteiger partial charge is 0.307 e. The molecule has 0 atom stereocenters. The van der Waals surface area contributed by atoms with Crippen LogP contribution in [0.4, 0.5) is 5.69 Å². The number of carboxylic acids is 1. The van der Waals surface area contributed by atoms with Crippen molar-refractivity contribution in [3.63, 3.8) is 0 Å². The van der Waals surface area contributed by atoms with Crippen LogP contribution in [0.15, 0.2) is 89.0 Å². The van der Waals surface area contributed by atoms with Gasteiger partial charge in [-0.05, 0) is 63.7 Å². The van der Waals surface area contributed by atoms with E-state index < -0.39 is 5.97 Å². The number of ether oxygens (including phenoxy) is 1. The van der Waals surface area contributed by atoms with Gasteiger partial charge in [0.05, 0.1) is 22.7 Å². The molecule has 2 N–H and O–H groups in total. The van der Waals surface area contributed by atoms with Crippen LogP contribution in [0.25, 0.3) is 11.8 Å². The Balaban J connectivity index is 1.38. The lowest BCUT2D eigenvalue weighted by atomic mass is 10.1. The van der Waals surface area contributed by atoms with Gasteiger partial charge in [0.25, 0.3) is 5.91 Å². The van der Waals surface area contributed by atoms with Crippen molar-refractivity contribution in [2.75, 3.05) is 0 Å². The maximum absolute atomic E-state index is 12.7. The van der Waals surface area contributed by atoms with Crippen LogP contribution in [0.2, 0.25) is 0 Å². The maximum atomic E-state index is 12.7. The Kier molecular flexibility index (Phi) is 7.04. The van der Waals surface area contributed by atoms with Crippen molar-refractivity contribution in [3.05, 3.63) is 101 Å². The van der Waals surface area contributed by atoms with Crippen molar-refractivity contribution in [1.82, 2.24) is 25.5 Å². The number of nitrogens with one attached hydrogen (secondary N) is 1. The van der Waals surface area contributed by atoms with Gasteiger partial charge < -0.3 is 15.2 Å². The molecule has 0 unspecified atom stereocenters. The summed E-state index contributed by atoms with van der Waals surface area (Å²) in [5.74, 6) is -0.604. The predicted octanol–water partition coefficient (Wildman–Crippen LogP) is 3.76. The Labute approximate surface area is 215 Å². The molecule has 10 nitrogen and oxygen atoms in total. The summed E-state index contributed by atoms with van der Waals surface area (Å²) in [5.41, 5.74) is 3.71. The average Bonchev–Trinajstić information content (AvgIpc) is 3.55. The Bertz CT molecular complexity index is 1490. The molecule has 1 saturated heterocycles. The van der Waals surface area contributed by atoms with Crippen molar-refractivity contribution >= 4 is 40.6 Å². The van der Waals surface area contributed by atoms with Crippen LogP contribution in [0.5, 0.6) is 5.75 Å². The molecule has 5 rings (SSSR count). The minimum Gasteiger partial charge on any atom is -0.488 e. The number of amides is 1. The van der Waals surface area contributed by atoms with E-state index in [9.17, 15) is 9.59 Å². The first-order chi connectivity index (χ1) is 18.0. The van der Waals surface area contributed by atoms with Gasteiger partial charge in [0, 0.05) is 11.6 Å². The summed E-state index contributed by atoms with van der Waals surface area (Å²) in [4.78, 5) is 28.5. The van der Waals surface area contributed by atoms with E-state index in [1.165, 1.54) is 22.8 Å². The zero-order valence-electron chi connectivity index (χ0n) is 19.3. The Morgan fingerprint density at radius 3 is 2.62 bits per heavy atom. The van der Waals surface area contributed by atoms with Gasteiger partial charge in [0.2, 0.25) is 0 Å². The van der Waals surface area contributed by atoms with Gasteiger partial charge in [-0.2, -0.15) is 0 Å². The molecule has 11 heteroatoms. The van der Waals surface area contributed by atoms with E-state index in [0.29, 0.717) is 44.9 Å². The Morgan fingerprint density at radius 1 is 1.08 bits per heavy atom. The molecule has 0 aliphatic carbocycles. The average molecular weight is 513 g/mol. The van der Waals surface area contributed by atoms with E-state index in [2.05, 4.69) is 25.8 Å². The van der Waals surface area contributed by atoms with Crippen LogP contribution < -0.4 is 10.1 Å². The van der Waals surface area contributed by atoms with Crippen LogP contribution in [0.3, 0.4) is 0 Å². The molecule has 37 heavy (non-hydrogen) atoms. The Hall–Kier alpha value is -4.77. The summed E-state index contributed by atoms with van der Waals surface area (Å²) in [7, 11) is 0. The number of tetrazole rings is 1. The third-order valence-electron chi connectivity index (χ3n) is 5.31. The van der Waals surface area contributed by atoms with Crippen molar-refractivity contribution in [1.29, 1.82) is 0 Å². The summed E-state index contributed by atoms with van der Waals surface area (Å²) in [6.07, 6.45) is 3.18. The molecule has 0 saturated carbocycles. The first-order valence-corrected chi connectivity index (χ1v) is 12.0. The second-order valence-electron chi connectivity index (χ2n) is 7.97. The number of aliphatic carboxylic acids is 1. The first kappa shape index (κ1) is 23.9. The minimum absolute atomic E-state index is 0.0594. The van der Waals surface area contributed by atoms with Crippen LogP contribution in [0, 0.1) is 0 Å². The lowest BCUT2D eigenvalue weighted by Gasteiger charge is -2.12. The second kappa shape index (κ2) is 10.9. The normalized spacial score (nSPS) is 15.2. The third-order valence-corrected chi connectivity index (χ3v) is 6.22. The number of amidine groups is 1. The summed E-state index contributed by atoms with van der Waals surface area (Å²) < 4.78 is 7.65. The zero-order chi connectivity index (χ0) is 25.6. The quantitative estimate of drug-likeness (QED) is 0.341. The number of nitrogens with zero attached hydrogens (tertiary/aromatic N) is 5. The highest BCUT2D eigenvalue weighted by atomic mass is 32.2. The number of aliphatic imine (C=N–C) groups is 1. The van der Waals surface area contributed by atoms with E-state index in [-0.39, 0.29) is 12.3 Å². The van der Waals surface area contributed by atoms with E-state index in [1.807, 2.05) is 48.5 Å². The second-order valence-corrected chi connectivity index (χ2v) is 9.00. The van der Waals surface area contributed by atoms with Gasteiger partial charge in [-0.15, -0.1) is 5.10 Å². The summed E-state index contributed by atoms with van der Waals surface area (Å²) in [6, 6.07) is 22.1. The summed E-state index contributed by atoms with van der Waals surface area (Å²) >= 11 is 1.21. The SMILES string of the molecule is O=C(O)Cc1ccc(N=C2NC(=O)C(=Cc3ccc(-n4cnnn4)cc3OCc3ccccc3)S2)cc1. The highest BCUT2D eigenvalue weighted by Crippen LogP contribution is 2.32. The fraction of sp³-hybridized carbons (Fsp3) is 0.0769. The van der Waals surface area contributed by atoms with Crippen molar-refractivity contribution in [2.45, 2.75) is 13.0 Å². The number of carbonyl (C=O) groups is 2. The summed E-state index contributed by atoms with van der Waals surface area (Å²) in [5, 5.41) is 23.4. The molecule has 184 valence electrons. The highest BCUT2D eigenvalue weighted by molar-refractivity contribution is 8.18. The van der Waals surface area contributed by atoms with Crippen molar-refractivity contribution in [2.24, 2.45) is 4.99 Å². The molecule has 1 aliphatic rings. The number of rotatable bonds is 8. The van der Waals surface area contributed by atoms with Crippen molar-refractivity contribution < 1.29 is 19.4 Å². The molecule has 1 amide bonds. The van der Waals surface area contributed by atoms with Crippen molar-refractivity contribution in [3.8, 4) is 11.4 Å². The molecule has 0 bridgehead atoms. The number of aromatic nitrogens is 4. The predicted molar refractivity (Wildman–Crippen MR) is 139 cm³/mol. The van der Waals surface area contributed by atoms with Gasteiger partial charge in [-0.1, -0.05) is 42.5 Å². The molecule has 0 spiro atoms.